The van der Waals surface area contributed by atoms with Crippen LogP contribution in [-0.4, -0.2) is 32.2 Å². The van der Waals surface area contributed by atoms with E-state index in [1.165, 1.54) is 37.0 Å². The van der Waals surface area contributed by atoms with Crippen LogP contribution in [-0.2, 0) is 9.53 Å². The third-order valence-corrected chi connectivity index (χ3v) is 4.77. The Balaban J connectivity index is 1.65. The van der Waals surface area contributed by atoms with E-state index in [4.69, 9.17) is 4.74 Å². The Bertz CT molecular complexity index is 274. The largest absolute Gasteiger partial charge is 0.461 e. The van der Waals surface area contributed by atoms with Crippen molar-refractivity contribution in [1.82, 2.24) is 0 Å². The Morgan fingerprint density at radius 1 is 1.22 bits per heavy atom. The normalized spacial score (nSPS) is 33.6. The standard InChI is InChI=1S/C15H27NO2/c1-12-5-6-14(13(2)9-12)11-18-15(17)10-16-7-3-4-8-16/h12-14H,3-11H2,1-2H3/p+1/t12-,13-,14+/m1/s1. The van der Waals surface area contributed by atoms with E-state index in [0.29, 0.717) is 25.0 Å². The van der Waals surface area contributed by atoms with Gasteiger partial charge in [-0.25, -0.2) is 4.79 Å². The maximum absolute atomic E-state index is 11.8. The van der Waals surface area contributed by atoms with E-state index in [1.54, 1.807) is 0 Å². The summed E-state index contributed by atoms with van der Waals surface area (Å²) in [6, 6.07) is 0. The van der Waals surface area contributed by atoms with Gasteiger partial charge in [0.25, 0.3) is 0 Å². The minimum atomic E-state index is 0.0118. The molecule has 0 aromatic heterocycles. The molecular formula is C15H28NO2+. The zero-order chi connectivity index (χ0) is 13.0. The lowest BCUT2D eigenvalue weighted by Crippen LogP contribution is -3.11. The summed E-state index contributed by atoms with van der Waals surface area (Å²) in [5, 5.41) is 0. The van der Waals surface area contributed by atoms with Gasteiger partial charge in [-0.3, -0.25) is 0 Å². The fourth-order valence-electron chi connectivity index (χ4n) is 3.48. The summed E-state index contributed by atoms with van der Waals surface area (Å²) in [7, 11) is 0. The van der Waals surface area contributed by atoms with Gasteiger partial charge in [0, 0.05) is 12.8 Å². The molecule has 0 aromatic carbocycles. The summed E-state index contributed by atoms with van der Waals surface area (Å²) < 4.78 is 5.49. The minimum absolute atomic E-state index is 0.0118. The number of nitrogens with one attached hydrogen (secondary N) is 1. The molecular weight excluding hydrogens is 226 g/mol. The van der Waals surface area contributed by atoms with Crippen LogP contribution in [0.3, 0.4) is 0 Å². The molecule has 2 aliphatic rings. The number of carbonyl (C=O) groups is 1. The first kappa shape index (κ1) is 13.9. The number of likely N-dealkylation sites (tertiary alicyclic amines) is 1. The van der Waals surface area contributed by atoms with E-state index in [-0.39, 0.29) is 5.97 Å². The van der Waals surface area contributed by atoms with Crippen molar-refractivity contribution < 1.29 is 14.4 Å². The maximum atomic E-state index is 11.8. The third-order valence-electron chi connectivity index (χ3n) is 4.77. The van der Waals surface area contributed by atoms with Crippen molar-refractivity contribution in [3.8, 4) is 0 Å². The van der Waals surface area contributed by atoms with Crippen LogP contribution in [0, 0.1) is 17.8 Å². The predicted molar refractivity (Wildman–Crippen MR) is 71.4 cm³/mol. The second-order valence-corrected chi connectivity index (χ2v) is 6.47. The van der Waals surface area contributed by atoms with Gasteiger partial charge in [-0.15, -0.1) is 0 Å². The summed E-state index contributed by atoms with van der Waals surface area (Å²) >= 11 is 0. The number of hydrogen-bond donors (Lipinski definition) is 1. The minimum Gasteiger partial charge on any atom is -0.461 e. The van der Waals surface area contributed by atoms with E-state index in [2.05, 4.69) is 13.8 Å². The van der Waals surface area contributed by atoms with Crippen LogP contribution in [0.1, 0.15) is 46.0 Å². The molecule has 3 heteroatoms. The molecule has 0 bridgehead atoms. The highest BCUT2D eigenvalue weighted by atomic mass is 16.5. The van der Waals surface area contributed by atoms with Gasteiger partial charge in [0.1, 0.15) is 0 Å². The average molecular weight is 254 g/mol. The van der Waals surface area contributed by atoms with Gasteiger partial charge in [-0.05, 0) is 30.6 Å². The number of hydrogen-bond acceptors (Lipinski definition) is 2. The molecule has 1 saturated heterocycles. The highest BCUT2D eigenvalue weighted by Gasteiger charge is 2.27. The van der Waals surface area contributed by atoms with E-state index in [0.717, 1.165) is 19.0 Å². The lowest BCUT2D eigenvalue weighted by molar-refractivity contribution is -0.879. The van der Waals surface area contributed by atoms with E-state index < -0.39 is 0 Å². The quantitative estimate of drug-likeness (QED) is 0.766. The zero-order valence-electron chi connectivity index (χ0n) is 11.9. The second kappa shape index (κ2) is 6.55. The van der Waals surface area contributed by atoms with Crippen molar-refractivity contribution in [2.45, 2.75) is 46.0 Å². The Kier molecular flexibility index (Phi) is 5.04. The lowest BCUT2D eigenvalue weighted by Gasteiger charge is -2.32. The van der Waals surface area contributed by atoms with Crippen LogP contribution in [0.25, 0.3) is 0 Å². The molecule has 18 heavy (non-hydrogen) atoms. The van der Waals surface area contributed by atoms with Gasteiger partial charge in [-0.2, -0.15) is 0 Å². The number of rotatable bonds is 4. The highest BCUT2D eigenvalue weighted by Crippen LogP contribution is 2.33. The van der Waals surface area contributed by atoms with Gasteiger partial charge >= 0.3 is 5.97 Å². The molecule has 0 spiro atoms. The maximum Gasteiger partial charge on any atom is 0.361 e. The van der Waals surface area contributed by atoms with Crippen LogP contribution in [0.2, 0.25) is 0 Å². The van der Waals surface area contributed by atoms with E-state index in [1.807, 2.05) is 0 Å². The van der Waals surface area contributed by atoms with Crippen molar-refractivity contribution in [3.05, 3.63) is 0 Å². The monoisotopic (exact) mass is 254 g/mol. The molecule has 1 heterocycles. The fraction of sp³-hybridized carbons (Fsp3) is 0.933. The highest BCUT2D eigenvalue weighted by molar-refractivity contribution is 5.70. The number of esters is 1. The van der Waals surface area contributed by atoms with Gasteiger partial charge in [-0.1, -0.05) is 20.3 Å². The van der Waals surface area contributed by atoms with Crippen LogP contribution < -0.4 is 4.90 Å². The van der Waals surface area contributed by atoms with Crippen molar-refractivity contribution in [2.75, 3.05) is 26.2 Å². The molecule has 104 valence electrons. The molecule has 1 aliphatic heterocycles. The van der Waals surface area contributed by atoms with E-state index >= 15 is 0 Å². The summed E-state index contributed by atoms with van der Waals surface area (Å²) in [6.07, 6.45) is 6.34. The summed E-state index contributed by atoms with van der Waals surface area (Å²) in [5.41, 5.74) is 0. The lowest BCUT2D eigenvalue weighted by atomic mass is 9.76. The van der Waals surface area contributed by atoms with Crippen molar-refractivity contribution in [1.29, 1.82) is 0 Å². The van der Waals surface area contributed by atoms with Crippen LogP contribution in [0.5, 0.6) is 0 Å². The SMILES string of the molecule is C[C@@H]1CC[C@@H](COC(=O)C[NH+]2CCCC2)[C@H](C)C1. The average Bonchev–Trinajstić information content (AvgIpc) is 2.80. The molecule has 1 aliphatic carbocycles. The molecule has 3 atom stereocenters. The number of carbonyl (C=O) groups excluding carboxylic acids is 1. The molecule has 0 radical (unpaired) electrons. The first-order valence-corrected chi connectivity index (χ1v) is 7.64. The zero-order valence-corrected chi connectivity index (χ0v) is 11.9. The predicted octanol–water partition coefficient (Wildman–Crippen LogP) is 1.28. The fourth-order valence-corrected chi connectivity index (χ4v) is 3.48. The molecule has 1 saturated carbocycles. The van der Waals surface area contributed by atoms with Gasteiger partial charge in [0.15, 0.2) is 6.54 Å². The Morgan fingerprint density at radius 3 is 2.61 bits per heavy atom. The van der Waals surface area contributed by atoms with Crippen molar-refractivity contribution >= 4 is 5.97 Å². The molecule has 2 rings (SSSR count). The Hall–Kier alpha value is -0.570. The first-order valence-electron chi connectivity index (χ1n) is 7.64. The first-order chi connectivity index (χ1) is 8.65. The Labute approximate surface area is 111 Å². The topological polar surface area (TPSA) is 30.7 Å². The molecule has 1 N–H and O–H groups in total. The number of quaternary nitrogens is 1. The van der Waals surface area contributed by atoms with Crippen molar-refractivity contribution in [3.63, 3.8) is 0 Å². The van der Waals surface area contributed by atoms with Gasteiger partial charge < -0.3 is 9.64 Å². The Morgan fingerprint density at radius 2 is 1.94 bits per heavy atom. The van der Waals surface area contributed by atoms with Gasteiger partial charge in [0.2, 0.25) is 0 Å². The smallest absolute Gasteiger partial charge is 0.361 e. The third kappa shape index (κ3) is 3.98. The molecule has 2 fully saturated rings. The number of ether oxygens (including phenoxy) is 1. The molecule has 0 amide bonds. The molecule has 0 unspecified atom stereocenters. The molecule has 0 aromatic rings. The van der Waals surface area contributed by atoms with Gasteiger partial charge in [0.05, 0.1) is 19.7 Å². The van der Waals surface area contributed by atoms with E-state index in [9.17, 15) is 4.79 Å². The van der Waals surface area contributed by atoms with Crippen LogP contribution in [0.4, 0.5) is 0 Å². The summed E-state index contributed by atoms with van der Waals surface area (Å²) in [5.74, 6) is 2.16. The molecule has 3 nitrogen and oxygen atoms in total. The second-order valence-electron chi connectivity index (χ2n) is 6.47. The summed E-state index contributed by atoms with van der Waals surface area (Å²) in [6.45, 7) is 8.16. The summed E-state index contributed by atoms with van der Waals surface area (Å²) in [4.78, 5) is 13.2. The van der Waals surface area contributed by atoms with Crippen LogP contribution in [0.15, 0.2) is 0 Å². The van der Waals surface area contributed by atoms with Crippen LogP contribution >= 0.6 is 0 Å². The van der Waals surface area contributed by atoms with Crippen molar-refractivity contribution in [2.24, 2.45) is 17.8 Å².